The Labute approximate surface area is 135 Å². The van der Waals surface area contributed by atoms with Crippen LogP contribution in [0.5, 0.6) is 0 Å². The maximum Gasteiger partial charge on any atom is 0.237 e. The number of piperidine rings is 1. The number of hydrogen-bond acceptors (Lipinski definition) is 2. The van der Waals surface area contributed by atoms with Crippen LogP contribution in [0.4, 0.5) is 0 Å². The molecule has 0 spiro atoms. The van der Waals surface area contributed by atoms with Crippen molar-refractivity contribution in [1.29, 1.82) is 0 Å². The normalized spacial score (nSPS) is 18.2. The van der Waals surface area contributed by atoms with Crippen LogP contribution in [-0.4, -0.2) is 25.0 Å². The van der Waals surface area contributed by atoms with E-state index in [0.29, 0.717) is 23.0 Å². The van der Waals surface area contributed by atoms with Crippen molar-refractivity contribution in [2.75, 3.05) is 13.1 Å². The van der Waals surface area contributed by atoms with Crippen LogP contribution in [0.1, 0.15) is 24.8 Å². The molecule has 1 aromatic carbocycles. The number of carbonyl (C=O) groups excluding carboxylic acids is 1. The molecule has 0 aliphatic carbocycles. The summed E-state index contributed by atoms with van der Waals surface area (Å²) >= 11 is 11.9. The topological polar surface area (TPSA) is 41.1 Å². The lowest BCUT2D eigenvalue weighted by Crippen LogP contribution is -2.47. The Hall–Kier alpha value is -0.480. The molecule has 2 N–H and O–H groups in total. The Morgan fingerprint density at radius 3 is 2.80 bits per heavy atom. The second-order valence-electron chi connectivity index (χ2n) is 4.78. The second kappa shape index (κ2) is 8.73. The molecule has 1 fully saturated rings. The molecule has 1 aliphatic rings. The zero-order valence-corrected chi connectivity index (χ0v) is 13.5. The van der Waals surface area contributed by atoms with E-state index in [9.17, 15) is 4.79 Å². The van der Waals surface area contributed by atoms with E-state index >= 15 is 0 Å². The largest absolute Gasteiger partial charge is 0.354 e. The molecular formula is C14H19Cl3N2O. The summed E-state index contributed by atoms with van der Waals surface area (Å²) in [6.45, 7) is 1.53. The van der Waals surface area contributed by atoms with Crippen molar-refractivity contribution in [2.45, 2.75) is 31.7 Å². The zero-order chi connectivity index (χ0) is 13.7. The van der Waals surface area contributed by atoms with Gasteiger partial charge in [0.2, 0.25) is 5.91 Å². The minimum absolute atomic E-state index is 0. The number of rotatable bonds is 4. The average Bonchev–Trinajstić information content (AvgIpc) is 2.42. The summed E-state index contributed by atoms with van der Waals surface area (Å²) < 4.78 is 0. The van der Waals surface area contributed by atoms with Gasteiger partial charge < -0.3 is 10.6 Å². The molecule has 1 heterocycles. The quantitative estimate of drug-likeness (QED) is 0.886. The van der Waals surface area contributed by atoms with Crippen LogP contribution >= 0.6 is 35.6 Å². The molecule has 2 rings (SSSR count). The van der Waals surface area contributed by atoms with Crippen molar-refractivity contribution in [3.63, 3.8) is 0 Å². The summed E-state index contributed by atoms with van der Waals surface area (Å²) in [5, 5.41) is 7.46. The summed E-state index contributed by atoms with van der Waals surface area (Å²) in [6, 6.07) is 5.40. The van der Waals surface area contributed by atoms with Gasteiger partial charge in [-0.1, -0.05) is 35.7 Å². The number of amides is 1. The summed E-state index contributed by atoms with van der Waals surface area (Å²) in [7, 11) is 0. The third-order valence-electron chi connectivity index (χ3n) is 3.34. The van der Waals surface area contributed by atoms with Gasteiger partial charge in [0.1, 0.15) is 0 Å². The van der Waals surface area contributed by atoms with Crippen molar-refractivity contribution in [1.82, 2.24) is 10.6 Å². The lowest BCUT2D eigenvalue weighted by molar-refractivity contribution is -0.123. The first kappa shape index (κ1) is 17.6. The lowest BCUT2D eigenvalue weighted by atomic mass is 10.0. The highest BCUT2D eigenvalue weighted by Crippen LogP contribution is 2.21. The van der Waals surface area contributed by atoms with Gasteiger partial charge in [-0.05, 0) is 43.5 Å². The minimum Gasteiger partial charge on any atom is -0.354 e. The Morgan fingerprint density at radius 1 is 1.35 bits per heavy atom. The smallest absolute Gasteiger partial charge is 0.237 e. The van der Waals surface area contributed by atoms with Gasteiger partial charge in [0.15, 0.2) is 0 Å². The molecule has 1 amide bonds. The molecule has 1 saturated heterocycles. The maximum absolute atomic E-state index is 11.9. The Kier molecular flexibility index (Phi) is 7.67. The van der Waals surface area contributed by atoms with E-state index in [2.05, 4.69) is 10.6 Å². The maximum atomic E-state index is 11.9. The molecule has 20 heavy (non-hydrogen) atoms. The fraction of sp³-hybridized carbons (Fsp3) is 0.500. The highest BCUT2D eigenvalue weighted by atomic mass is 35.5. The summed E-state index contributed by atoms with van der Waals surface area (Å²) in [6.07, 6.45) is 3.92. The van der Waals surface area contributed by atoms with Crippen LogP contribution in [0.2, 0.25) is 10.0 Å². The number of hydrogen-bond donors (Lipinski definition) is 2. The molecule has 0 saturated carbocycles. The van der Waals surface area contributed by atoms with Crippen LogP contribution in [0, 0.1) is 0 Å². The van der Waals surface area contributed by atoms with Gasteiger partial charge in [0, 0.05) is 16.6 Å². The van der Waals surface area contributed by atoms with E-state index in [1.807, 2.05) is 12.1 Å². The monoisotopic (exact) mass is 336 g/mol. The van der Waals surface area contributed by atoms with Gasteiger partial charge in [-0.25, -0.2) is 0 Å². The molecule has 1 aliphatic heterocycles. The van der Waals surface area contributed by atoms with Gasteiger partial charge in [-0.15, -0.1) is 12.4 Å². The molecule has 0 bridgehead atoms. The number of halogens is 3. The Bertz CT molecular complexity index is 448. The first-order valence-corrected chi connectivity index (χ1v) is 7.37. The minimum atomic E-state index is -0.0329. The standard InChI is InChI=1S/C14H18Cl2N2O.ClH/c15-11-5-4-10(12(16)9-11)6-8-18-14(19)13-3-1-2-7-17-13;/h4-5,9,13,17H,1-3,6-8H2,(H,18,19);1H/t13-;/m1./s1. The third kappa shape index (κ3) is 5.13. The van der Waals surface area contributed by atoms with Crippen LogP contribution in [-0.2, 0) is 11.2 Å². The van der Waals surface area contributed by atoms with Gasteiger partial charge in [-0.2, -0.15) is 0 Å². The van der Waals surface area contributed by atoms with Crippen LogP contribution in [0.15, 0.2) is 18.2 Å². The Morgan fingerprint density at radius 2 is 2.15 bits per heavy atom. The summed E-state index contributed by atoms with van der Waals surface area (Å²) in [5.74, 6) is 0.0878. The average molecular weight is 338 g/mol. The highest BCUT2D eigenvalue weighted by Gasteiger charge is 2.19. The van der Waals surface area contributed by atoms with E-state index < -0.39 is 0 Å². The molecule has 6 heteroatoms. The fourth-order valence-electron chi connectivity index (χ4n) is 2.24. The van der Waals surface area contributed by atoms with Crippen LogP contribution in [0.25, 0.3) is 0 Å². The predicted octanol–water partition coefficient (Wildman–Crippen LogP) is 3.22. The number of carbonyl (C=O) groups is 1. The molecular weight excluding hydrogens is 319 g/mol. The van der Waals surface area contributed by atoms with E-state index in [4.69, 9.17) is 23.2 Å². The van der Waals surface area contributed by atoms with Crippen molar-refractivity contribution >= 4 is 41.5 Å². The lowest BCUT2D eigenvalue weighted by Gasteiger charge is -2.22. The SMILES string of the molecule is Cl.O=C(NCCc1ccc(Cl)cc1Cl)[C@H]1CCCCN1. The number of nitrogens with one attached hydrogen (secondary N) is 2. The third-order valence-corrected chi connectivity index (χ3v) is 3.92. The van der Waals surface area contributed by atoms with Crippen LogP contribution < -0.4 is 10.6 Å². The van der Waals surface area contributed by atoms with Crippen molar-refractivity contribution in [3.8, 4) is 0 Å². The summed E-state index contributed by atoms with van der Waals surface area (Å²) in [4.78, 5) is 11.9. The molecule has 0 aromatic heterocycles. The van der Waals surface area contributed by atoms with Crippen molar-refractivity contribution < 1.29 is 4.79 Å². The van der Waals surface area contributed by atoms with Crippen molar-refractivity contribution in [2.24, 2.45) is 0 Å². The van der Waals surface area contributed by atoms with Crippen molar-refractivity contribution in [3.05, 3.63) is 33.8 Å². The van der Waals surface area contributed by atoms with Crippen LogP contribution in [0.3, 0.4) is 0 Å². The fourth-order valence-corrected chi connectivity index (χ4v) is 2.75. The highest BCUT2D eigenvalue weighted by molar-refractivity contribution is 6.35. The summed E-state index contributed by atoms with van der Waals surface area (Å²) in [5.41, 5.74) is 1.00. The van der Waals surface area contributed by atoms with Gasteiger partial charge >= 0.3 is 0 Å². The molecule has 3 nitrogen and oxygen atoms in total. The molecule has 1 atom stereocenters. The molecule has 1 aromatic rings. The zero-order valence-electron chi connectivity index (χ0n) is 11.1. The van der Waals surface area contributed by atoms with E-state index in [1.165, 1.54) is 0 Å². The van der Waals surface area contributed by atoms with Gasteiger partial charge in [0.25, 0.3) is 0 Å². The predicted molar refractivity (Wildman–Crippen MR) is 86.1 cm³/mol. The first-order chi connectivity index (χ1) is 9.16. The van der Waals surface area contributed by atoms with E-state index in [0.717, 1.165) is 31.4 Å². The van der Waals surface area contributed by atoms with Gasteiger partial charge in [-0.3, -0.25) is 4.79 Å². The molecule has 0 unspecified atom stereocenters. The van der Waals surface area contributed by atoms with E-state index in [1.54, 1.807) is 6.07 Å². The molecule has 0 radical (unpaired) electrons. The Balaban J connectivity index is 0.00000200. The van der Waals surface area contributed by atoms with E-state index in [-0.39, 0.29) is 24.4 Å². The first-order valence-electron chi connectivity index (χ1n) is 6.62. The second-order valence-corrected chi connectivity index (χ2v) is 5.62. The van der Waals surface area contributed by atoms with Gasteiger partial charge in [0.05, 0.1) is 6.04 Å². The number of benzene rings is 1. The molecule has 112 valence electrons.